The lowest BCUT2D eigenvalue weighted by atomic mass is 9.84. The minimum Gasteiger partial charge on any atom is -0.507 e. The van der Waals surface area contributed by atoms with Crippen LogP contribution in [0.15, 0.2) is 62.5 Å². The summed E-state index contributed by atoms with van der Waals surface area (Å²) in [5.41, 5.74) is 1.06. The molecule has 0 amide bonds. The van der Waals surface area contributed by atoms with Crippen LogP contribution in [0.3, 0.4) is 0 Å². The van der Waals surface area contributed by atoms with E-state index in [4.69, 9.17) is 9.15 Å². The molecule has 0 bridgehead atoms. The number of aromatic hydroxyl groups is 4. The van der Waals surface area contributed by atoms with E-state index in [0.717, 1.165) is 47.5 Å². The van der Waals surface area contributed by atoms with E-state index in [1.807, 2.05) is 18.2 Å². The molecule has 2 aliphatic heterocycles. The van der Waals surface area contributed by atoms with Crippen molar-refractivity contribution in [2.45, 2.75) is 31.7 Å². The average molecular weight is 539 g/mol. The molecule has 4 N–H and O–H groups in total. The Balaban J connectivity index is 1.56. The Labute approximate surface area is 224 Å². The van der Waals surface area contributed by atoms with Crippen LogP contribution in [0.4, 0.5) is 0 Å². The van der Waals surface area contributed by atoms with Crippen molar-refractivity contribution in [1.82, 2.24) is 4.57 Å². The molecule has 0 saturated heterocycles. The number of hydrogen-bond acceptors (Lipinski definition) is 9. The van der Waals surface area contributed by atoms with E-state index < -0.39 is 40.3 Å². The summed E-state index contributed by atoms with van der Waals surface area (Å²) < 4.78 is 13.2. The number of hydrogen-bond donors (Lipinski definition) is 4. The van der Waals surface area contributed by atoms with E-state index >= 15 is 0 Å². The Morgan fingerprint density at radius 2 is 1.73 bits per heavy atom. The molecule has 1 atom stereocenters. The molecule has 0 radical (unpaired) electrons. The summed E-state index contributed by atoms with van der Waals surface area (Å²) in [5.74, 6) is -4.29. The van der Waals surface area contributed by atoms with Crippen molar-refractivity contribution in [2.75, 3.05) is 0 Å². The van der Waals surface area contributed by atoms with E-state index in [9.17, 15) is 34.8 Å². The summed E-state index contributed by atoms with van der Waals surface area (Å²) in [6.45, 7) is 0.512. The number of carbonyl (C=O) groups is 1. The zero-order chi connectivity index (χ0) is 27.9. The number of fused-ring (bicyclic) bond motifs is 3. The number of aromatic nitrogens is 1. The number of carbonyl (C=O) groups excluding carboxylic acids is 1. The summed E-state index contributed by atoms with van der Waals surface area (Å²) in [5, 5.41) is 41.6. The minimum absolute atomic E-state index is 0.0657. The highest BCUT2D eigenvalue weighted by Gasteiger charge is 2.36. The van der Waals surface area contributed by atoms with Crippen LogP contribution in [-0.2, 0) is 17.8 Å². The Hall–Kier alpha value is -5.25. The number of ether oxygens (including phenoxy) is 1. The largest absolute Gasteiger partial charge is 0.507 e. The monoisotopic (exact) mass is 539 g/mol. The van der Waals surface area contributed by atoms with Gasteiger partial charge in [0.05, 0.1) is 11.9 Å². The lowest BCUT2D eigenvalue weighted by molar-refractivity contribution is -0.135. The molecule has 0 unspecified atom stereocenters. The molecule has 0 saturated carbocycles. The Kier molecular flexibility index (Phi) is 4.99. The van der Waals surface area contributed by atoms with E-state index in [1.54, 1.807) is 10.6 Å². The molecule has 3 aromatic carbocycles. The zero-order valence-electron chi connectivity index (χ0n) is 20.8. The summed E-state index contributed by atoms with van der Waals surface area (Å²) >= 11 is 0. The first-order valence-corrected chi connectivity index (χ1v) is 12.7. The topological polar surface area (TPSA) is 159 Å². The van der Waals surface area contributed by atoms with Gasteiger partial charge >= 0.3 is 5.97 Å². The third-order valence-electron chi connectivity index (χ3n) is 7.73. The van der Waals surface area contributed by atoms with Crippen LogP contribution in [0.1, 0.15) is 35.4 Å². The highest BCUT2D eigenvalue weighted by Crippen LogP contribution is 2.47. The second-order valence-electron chi connectivity index (χ2n) is 10.1. The Morgan fingerprint density at radius 3 is 2.52 bits per heavy atom. The third-order valence-corrected chi connectivity index (χ3v) is 7.73. The number of nitrogens with zero attached hydrogens (tertiary/aromatic N) is 1. The first-order chi connectivity index (χ1) is 19.2. The first kappa shape index (κ1) is 23.8. The van der Waals surface area contributed by atoms with Crippen molar-refractivity contribution in [3.05, 3.63) is 85.8 Å². The highest BCUT2D eigenvalue weighted by molar-refractivity contribution is 5.95. The standard InChI is InChI=1S/C30H21NO9/c32-18-7-6-15(10-19(18)33)28-27(37)26(36)24-20(34)12-21-23(29(24)40-28)16(11-22(35)39-21)17-9-14-4-1-3-13-5-2-8-31(25(13)14)30(17)38/h1,3-4,6-7,9-10,12,16,32-34,37H,2,5,8,11H2/t16-/m0/s1. The second kappa shape index (κ2) is 8.37. The molecule has 7 rings (SSSR count). The van der Waals surface area contributed by atoms with Crippen LogP contribution in [0, 0.1) is 0 Å². The molecule has 10 nitrogen and oxygen atoms in total. The number of benzene rings is 3. The summed E-state index contributed by atoms with van der Waals surface area (Å²) in [7, 11) is 0. The predicted octanol–water partition coefficient (Wildman–Crippen LogP) is 3.98. The van der Waals surface area contributed by atoms with Crippen LogP contribution < -0.4 is 15.7 Å². The van der Waals surface area contributed by atoms with Gasteiger partial charge < -0.3 is 34.1 Å². The lowest BCUT2D eigenvalue weighted by Crippen LogP contribution is -2.31. The number of para-hydroxylation sites is 1. The Bertz CT molecular complexity index is 2050. The van der Waals surface area contributed by atoms with Gasteiger partial charge in [0.2, 0.25) is 11.2 Å². The molecule has 2 aromatic heterocycles. The number of rotatable bonds is 2. The average Bonchev–Trinajstić information content (AvgIpc) is 2.93. The fourth-order valence-corrected chi connectivity index (χ4v) is 5.94. The third kappa shape index (κ3) is 3.32. The van der Waals surface area contributed by atoms with Gasteiger partial charge in [-0.1, -0.05) is 18.2 Å². The predicted molar refractivity (Wildman–Crippen MR) is 143 cm³/mol. The van der Waals surface area contributed by atoms with E-state index in [1.165, 1.54) is 6.07 Å². The first-order valence-electron chi connectivity index (χ1n) is 12.7. The molecule has 0 spiro atoms. The minimum atomic E-state index is -0.963. The van der Waals surface area contributed by atoms with Gasteiger partial charge in [0.15, 0.2) is 17.3 Å². The van der Waals surface area contributed by atoms with Crippen molar-refractivity contribution in [3.63, 3.8) is 0 Å². The van der Waals surface area contributed by atoms with Crippen molar-refractivity contribution in [2.24, 2.45) is 0 Å². The number of esters is 1. The van der Waals surface area contributed by atoms with Gasteiger partial charge in [-0.2, -0.15) is 0 Å². The van der Waals surface area contributed by atoms with E-state index in [-0.39, 0.29) is 45.6 Å². The smallest absolute Gasteiger partial charge is 0.312 e. The number of phenols is 3. The molecule has 4 heterocycles. The van der Waals surface area contributed by atoms with Crippen molar-refractivity contribution in [3.8, 4) is 40.1 Å². The highest BCUT2D eigenvalue weighted by atomic mass is 16.5. The van der Waals surface area contributed by atoms with Crippen molar-refractivity contribution in [1.29, 1.82) is 0 Å². The van der Waals surface area contributed by atoms with Crippen LogP contribution in [0.5, 0.6) is 28.7 Å². The van der Waals surface area contributed by atoms with Crippen LogP contribution >= 0.6 is 0 Å². The Morgan fingerprint density at radius 1 is 0.900 bits per heavy atom. The maximum absolute atomic E-state index is 13.9. The molecule has 40 heavy (non-hydrogen) atoms. The quantitative estimate of drug-likeness (QED) is 0.148. The molecular weight excluding hydrogens is 518 g/mol. The summed E-state index contributed by atoms with van der Waals surface area (Å²) in [4.78, 5) is 39.9. The van der Waals surface area contributed by atoms with Gasteiger partial charge in [-0.3, -0.25) is 14.4 Å². The van der Waals surface area contributed by atoms with Crippen LogP contribution in [0.2, 0.25) is 0 Å². The van der Waals surface area contributed by atoms with Gasteiger partial charge in [0.25, 0.3) is 5.56 Å². The van der Waals surface area contributed by atoms with E-state index in [2.05, 4.69) is 0 Å². The van der Waals surface area contributed by atoms with Gasteiger partial charge in [0, 0.05) is 35.2 Å². The molecule has 0 fully saturated rings. The maximum atomic E-state index is 13.9. The fraction of sp³-hybridized carbons (Fsp3) is 0.167. The summed E-state index contributed by atoms with van der Waals surface area (Å²) in [6, 6.07) is 12.2. The fourth-order valence-electron chi connectivity index (χ4n) is 5.94. The molecule has 5 aromatic rings. The van der Waals surface area contributed by atoms with Crippen molar-refractivity contribution < 1.29 is 34.4 Å². The van der Waals surface area contributed by atoms with Gasteiger partial charge in [-0.05, 0) is 48.1 Å². The number of pyridine rings is 1. The van der Waals surface area contributed by atoms with Crippen LogP contribution in [0.25, 0.3) is 33.2 Å². The molecule has 0 aliphatic carbocycles. The van der Waals surface area contributed by atoms with Crippen molar-refractivity contribution >= 4 is 27.8 Å². The maximum Gasteiger partial charge on any atom is 0.312 e. The SMILES string of the molecule is O=C1C[C@@H](c2cc3cccc4c3n(c2=O)CCC4)c2c(cc(O)c3c(=O)c(O)c(-c4ccc(O)c(O)c4)oc23)O1. The second-order valence-corrected chi connectivity index (χ2v) is 10.1. The van der Waals surface area contributed by atoms with E-state index in [0.29, 0.717) is 12.1 Å². The van der Waals surface area contributed by atoms with Gasteiger partial charge in [-0.15, -0.1) is 0 Å². The zero-order valence-corrected chi connectivity index (χ0v) is 20.8. The molecule has 2 aliphatic rings. The number of aryl methyl sites for hydroxylation is 2. The lowest BCUT2D eigenvalue weighted by Gasteiger charge is -2.27. The van der Waals surface area contributed by atoms with Gasteiger partial charge in [-0.25, -0.2) is 0 Å². The summed E-state index contributed by atoms with van der Waals surface area (Å²) in [6.07, 6.45) is 1.41. The molecular formula is C30H21NO9. The van der Waals surface area contributed by atoms with Gasteiger partial charge in [0.1, 0.15) is 22.5 Å². The molecule has 10 heteroatoms. The normalized spacial score (nSPS) is 16.2. The molecule has 200 valence electrons. The van der Waals surface area contributed by atoms with Crippen LogP contribution in [-0.4, -0.2) is 31.0 Å². The number of phenolic OH excluding ortho intramolecular Hbond substituents is 3.